The Morgan fingerprint density at radius 2 is 1.60 bits per heavy atom. The topological polar surface area (TPSA) is 82.8 Å². The molecule has 0 aliphatic heterocycles. The van der Waals surface area contributed by atoms with Crippen LogP contribution in [0.3, 0.4) is 0 Å². The lowest BCUT2D eigenvalue weighted by molar-refractivity contribution is 0.0954. The Morgan fingerprint density at radius 1 is 1.00 bits per heavy atom. The standard InChI is InChI=1S/C19H24N2O4/c1-23-15-10-17(24-2)16(18(11-15)25-3)8-9-21-19(22)14-6-4-13(12-20)5-7-14/h4-7,10-11H,8-9,12,20H2,1-3H3,(H,21,22). The van der Waals surface area contributed by atoms with Gasteiger partial charge in [-0.25, -0.2) is 0 Å². The number of carbonyl (C=O) groups excluding carboxylic acids is 1. The van der Waals surface area contributed by atoms with Crippen LogP contribution >= 0.6 is 0 Å². The molecule has 2 aromatic carbocycles. The SMILES string of the molecule is COc1cc(OC)c(CCNC(=O)c2ccc(CN)cc2)c(OC)c1. The van der Waals surface area contributed by atoms with E-state index < -0.39 is 0 Å². The molecule has 1 amide bonds. The van der Waals surface area contributed by atoms with Gasteiger partial charge in [-0.3, -0.25) is 4.79 Å². The van der Waals surface area contributed by atoms with E-state index in [0.29, 0.717) is 42.3 Å². The Morgan fingerprint density at radius 3 is 2.08 bits per heavy atom. The number of nitrogens with one attached hydrogen (secondary N) is 1. The highest BCUT2D eigenvalue weighted by atomic mass is 16.5. The van der Waals surface area contributed by atoms with Crippen LogP contribution in [0.4, 0.5) is 0 Å². The summed E-state index contributed by atoms with van der Waals surface area (Å²) >= 11 is 0. The maximum Gasteiger partial charge on any atom is 0.251 e. The van der Waals surface area contributed by atoms with Gasteiger partial charge in [0.1, 0.15) is 17.2 Å². The number of methoxy groups -OCH3 is 3. The molecule has 6 nitrogen and oxygen atoms in total. The van der Waals surface area contributed by atoms with Gasteiger partial charge in [0, 0.05) is 36.3 Å². The molecule has 0 bridgehead atoms. The fourth-order valence-corrected chi connectivity index (χ4v) is 2.52. The summed E-state index contributed by atoms with van der Waals surface area (Å²) in [6, 6.07) is 10.8. The Balaban J connectivity index is 2.04. The van der Waals surface area contributed by atoms with Crippen molar-refractivity contribution in [3.63, 3.8) is 0 Å². The van der Waals surface area contributed by atoms with Gasteiger partial charge >= 0.3 is 0 Å². The summed E-state index contributed by atoms with van der Waals surface area (Å²) in [6.07, 6.45) is 0.572. The normalized spacial score (nSPS) is 10.2. The molecule has 134 valence electrons. The van der Waals surface area contributed by atoms with Crippen LogP contribution in [0.1, 0.15) is 21.5 Å². The number of ether oxygens (including phenoxy) is 3. The number of nitrogens with two attached hydrogens (primary N) is 1. The molecule has 0 heterocycles. The molecule has 0 spiro atoms. The lowest BCUT2D eigenvalue weighted by Gasteiger charge is -2.15. The average Bonchev–Trinajstić information content (AvgIpc) is 2.67. The minimum atomic E-state index is -0.130. The quantitative estimate of drug-likeness (QED) is 0.767. The highest BCUT2D eigenvalue weighted by molar-refractivity contribution is 5.94. The Kier molecular flexibility index (Phi) is 6.65. The molecule has 0 saturated carbocycles. The number of carbonyl (C=O) groups is 1. The van der Waals surface area contributed by atoms with E-state index in [-0.39, 0.29) is 5.91 Å². The predicted molar refractivity (Wildman–Crippen MR) is 96.5 cm³/mol. The largest absolute Gasteiger partial charge is 0.496 e. The zero-order valence-electron chi connectivity index (χ0n) is 14.8. The molecule has 0 atom stereocenters. The van der Waals surface area contributed by atoms with Gasteiger partial charge in [-0.05, 0) is 24.1 Å². The second-order valence-electron chi connectivity index (χ2n) is 5.42. The summed E-state index contributed by atoms with van der Waals surface area (Å²) in [5.74, 6) is 1.85. The highest BCUT2D eigenvalue weighted by Gasteiger charge is 2.14. The molecule has 0 fully saturated rings. The van der Waals surface area contributed by atoms with E-state index in [4.69, 9.17) is 19.9 Å². The third kappa shape index (κ3) is 4.64. The third-order valence-corrected chi connectivity index (χ3v) is 3.93. The van der Waals surface area contributed by atoms with Crippen molar-refractivity contribution in [3.05, 3.63) is 53.1 Å². The summed E-state index contributed by atoms with van der Waals surface area (Å²) in [4.78, 5) is 12.2. The molecule has 3 N–H and O–H groups in total. The van der Waals surface area contributed by atoms with Crippen molar-refractivity contribution in [2.24, 2.45) is 5.73 Å². The van der Waals surface area contributed by atoms with Crippen LogP contribution in [0.5, 0.6) is 17.2 Å². The first-order valence-electron chi connectivity index (χ1n) is 7.99. The van der Waals surface area contributed by atoms with Gasteiger partial charge in [-0.2, -0.15) is 0 Å². The number of hydrogen-bond acceptors (Lipinski definition) is 5. The van der Waals surface area contributed by atoms with Crippen LogP contribution in [-0.2, 0) is 13.0 Å². The molecule has 0 saturated heterocycles. The molecule has 0 aliphatic rings. The first-order valence-corrected chi connectivity index (χ1v) is 7.99. The second kappa shape index (κ2) is 8.94. The summed E-state index contributed by atoms with van der Waals surface area (Å²) in [7, 11) is 4.77. The minimum absolute atomic E-state index is 0.130. The summed E-state index contributed by atoms with van der Waals surface area (Å²) in [5, 5.41) is 2.90. The fraction of sp³-hybridized carbons (Fsp3) is 0.316. The highest BCUT2D eigenvalue weighted by Crippen LogP contribution is 2.34. The first-order chi connectivity index (χ1) is 12.1. The Labute approximate surface area is 147 Å². The fourth-order valence-electron chi connectivity index (χ4n) is 2.52. The zero-order chi connectivity index (χ0) is 18.2. The van der Waals surface area contributed by atoms with Gasteiger partial charge in [-0.15, -0.1) is 0 Å². The molecule has 25 heavy (non-hydrogen) atoms. The maximum atomic E-state index is 12.2. The van der Waals surface area contributed by atoms with Crippen LogP contribution in [-0.4, -0.2) is 33.8 Å². The molecule has 0 aliphatic carbocycles. The molecule has 6 heteroatoms. The van der Waals surface area contributed by atoms with Gasteiger partial charge in [-0.1, -0.05) is 12.1 Å². The van der Waals surface area contributed by atoms with Crippen LogP contribution in [0, 0.1) is 0 Å². The second-order valence-corrected chi connectivity index (χ2v) is 5.42. The molecule has 0 aromatic heterocycles. The minimum Gasteiger partial charge on any atom is -0.496 e. The van der Waals surface area contributed by atoms with Crippen LogP contribution < -0.4 is 25.3 Å². The number of amides is 1. The molecular formula is C19H24N2O4. The van der Waals surface area contributed by atoms with Crippen LogP contribution in [0.25, 0.3) is 0 Å². The zero-order valence-corrected chi connectivity index (χ0v) is 14.8. The molecule has 0 unspecified atom stereocenters. The van der Waals surface area contributed by atoms with Gasteiger partial charge in [0.05, 0.1) is 21.3 Å². The molecular weight excluding hydrogens is 320 g/mol. The summed E-state index contributed by atoms with van der Waals surface area (Å²) in [5.41, 5.74) is 8.03. The Bertz CT molecular complexity index is 689. The Hall–Kier alpha value is -2.73. The number of benzene rings is 2. The first kappa shape index (κ1) is 18.6. The predicted octanol–water partition coefficient (Wildman–Crippen LogP) is 2.14. The van der Waals surface area contributed by atoms with E-state index in [2.05, 4.69) is 5.32 Å². The lowest BCUT2D eigenvalue weighted by atomic mass is 10.1. The van der Waals surface area contributed by atoms with Crippen molar-refractivity contribution >= 4 is 5.91 Å². The average molecular weight is 344 g/mol. The van der Waals surface area contributed by atoms with E-state index in [9.17, 15) is 4.79 Å². The van der Waals surface area contributed by atoms with Gasteiger partial charge < -0.3 is 25.3 Å². The van der Waals surface area contributed by atoms with Crippen LogP contribution in [0.15, 0.2) is 36.4 Å². The van der Waals surface area contributed by atoms with Crippen molar-refractivity contribution < 1.29 is 19.0 Å². The van der Waals surface area contributed by atoms with Crippen molar-refractivity contribution in [2.45, 2.75) is 13.0 Å². The van der Waals surface area contributed by atoms with E-state index >= 15 is 0 Å². The molecule has 0 radical (unpaired) electrons. The van der Waals surface area contributed by atoms with Crippen LogP contribution in [0.2, 0.25) is 0 Å². The van der Waals surface area contributed by atoms with E-state index in [0.717, 1.165) is 11.1 Å². The number of hydrogen-bond donors (Lipinski definition) is 2. The van der Waals surface area contributed by atoms with Crippen molar-refractivity contribution in [2.75, 3.05) is 27.9 Å². The van der Waals surface area contributed by atoms with Gasteiger partial charge in [0.25, 0.3) is 5.91 Å². The van der Waals surface area contributed by atoms with Gasteiger partial charge in [0.2, 0.25) is 0 Å². The molecule has 2 aromatic rings. The van der Waals surface area contributed by atoms with E-state index in [1.807, 2.05) is 12.1 Å². The van der Waals surface area contributed by atoms with Crippen molar-refractivity contribution in [3.8, 4) is 17.2 Å². The molecule has 2 rings (SSSR count). The monoisotopic (exact) mass is 344 g/mol. The van der Waals surface area contributed by atoms with E-state index in [1.165, 1.54) is 0 Å². The number of rotatable bonds is 8. The van der Waals surface area contributed by atoms with Crippen molar-refractivity contribution in [1.29, 1.82) is 0 Å². The van der Waals surface area contributed by atoms with Gasteiger partial charge in [0.15, 0.2) is 0 Å². The van der Waals surface area contributed by atoms with E-state index in [1.54, 1.807) is 45.6 Å². The lowest BCUT2D eigenvalue weighted by Crippen LogP contribution is -2.26. The maximum absolute atomic E-state index is 12.2. The summed E-state index contributed by atoms with van der Waals surface area (Å²) < 4.78 is 16.1. The van der Waals surface area contributed by atoms with Crippen molar-refractivity contribution in [1.82, 2.24) is 5.32 Å². The summed E-state index contributed by atoms with van der Waals surface area (Å²) in [6.45, 7) is 0.912. The third-order valence-electron chi connectivity index (χ3n) is 3.93. The smallest absolute Gasteiger partial charge is 0.251 e.